The highest BCUT2D eigenvalue weighted by Gasteiger charge is 2.18. The van der Waals surface area contributed by atoms with Gasteiger partial charge in [0.25, 0.3) is 11.8 Å². The molecule has 4 nitrogen and oxygen atoms in total. The molecular formula is C22H18BrFN2O2. The Kier molecular flexibility index (Phi) is 6.21. The number of nitrogens with one attached hydrogen (secondary N) is 1. The summed E-state index contributed by atoms with van der Waals surface area (Å²) in [5.74, 6) is -1.00. The first-order valence-electron chi connectivity index (χ1n) is 8.60. The zero-order chi connectivity index (χ0) is 20.1. The van der Waals surface area contributed by atoms with Crippen molar-refractivity contribution in [3.05, 3.63) is 99.8 Å². The average Bonchev–Trinajstić information content (AvgIpc) is 2.71. The molecule has 0 saturated carbocycles. The molecule has 0 saturated heterocycles. The second-order valence-electron chi connectivity index (χ2n) is 6.26. The number of anilines is 1. The molecule has 6 heteroatoms. The predicted molar refractivity (Wildman–Crippen MR) is 111 cm³/mol. The molecule has 0 aliphatic rings. The monoisotopic (exact) mass is 440 g/mol. The summed E-state index contributed by atoms with van der Waals surface area (Å²) in [6.45, 7) is 0.102. The summed E-state index contributed by atoms with van der Waals surface area (Å²) < 4.78 is 14.8. The van der Waals surface area contributed by atoms with E-state index in [1.807, 2.05) is 6.07 Å². The van der Waals surface area contributed by atoms with Crippen LogP contribution in [0, 0.1) is 5.82 Å². The number of rotatable bonds is 5. The van der Waals surface area contributed by atoms with Gasteiger partial charge in [-0.1, -0.05) is 46.3 Å². The molecule has 0 aromatic heterocycles. The van der Waals surface area contributed by atoms with Gasteiger partial charge >= 0.3 is 0 Å². The minimum absolute atomic E-state index is 0.102. The zero-order valence-electron chi connectivity index (χ0n) is 15.2. The Hall–Kier alpha value is -2.99. The van der Waals surface area contributed by atoms with Crippen molar-refractivity contribution in [2.24, 2.45) is 0 Å². The molecule has 142 valence electrons. The van der Waals surface area contributed by atoms with Gasteiger partial charge in [0.15, 0.2) is 0 Å². The van der Waals surface area contributed by atoms with Crippen LogP contribution >= 0.6 is 15.9 Å². The molecular weight excluding hydrogens is 423 g/mol. The summed E-state index contributed by atoms with van der Waals surface area (Å²) in [7, 11) is 1.60. The zero-order valence-corrected chi connectivity index (χ0v) is 16.7. The van der Waals surface area contributed by atoms with Crippen LogP contribution in [0.25, 0.3) is 0 Å². The molecule has 0 bridgehead atoms. The summed E-state index contributed by atoms with van der Waals surface area (Å²) in [4.78, 5) is 26.8. The van der Waals surface area contributed by atoms with E-state index in [9.17, 15) is 14.0 Å². The van der Waals surface area contributed by atoms with Crippen LogP contribution in [0.1, 0.15) is 26.3 Å². The largest absolute Gasteiger partial charge is 0.337 e. The van der Waals surface area contributed by atoms with Gasteiger partial charge in [0, 0.05) is 29.2 Å². The van der Waals surface area contributed by atoms with Gasteiger partial charge in [-0.05, 0) is 42.5 Å². The number of nitrogens with zero attached hydrogens (tertiary/aromatic N) is 1. The van der Waals surface area contributed by atoms with Crippen molar-refractivity contribution in [3.63, 3.8) is 0 Å². The number of carbonyl (C=O) groups excluding carboxylic acids is 2. The summed E-state index contributed by atoms with van der Waals surface area (Å²) in [6.07, 6.45) is 0. The summed E-state index contributed by atoms with van der Waals surface area (Å²) in [5.41, 5.74) is 1.64. The van der Waals surface area contributed by atoms with E-state index in [0.29, 0.717) is 22.4 Å². The van der Waals surface area contributed by atoms with Crippen molar-refractivity contribution >= 4 is 33.4 Å². The highest BCUT2D eigenvalue weighted by atomic mass is 79.9. The van der Waals surface area contributed by atoms with Crippen LogP contribution in [0.4, 0.5) is 10.1 Å². The first-order valence-corrected chi connectivity index (χ1v) is 9.40. The van der Waals surface area contributed by atoms with E-state index in [2.05, 4.69) is 21.2 Å². The molecule has 0 atom stereocenters. The molecule has 1 N–H and O–H groups in total. The van der Waals surface area contributed by atoms with Crippen LogP contribution in [0.2, 0.25) is 0 Å². The second kappa shape index (κ2) is 8.80. The molecule has 28 heavy (non-hydrogen) atoms. The van der Waals surface area contributed by atoms with Gasteiger partial charge in [0.2, 0.25) is 0 Å². The minimum Gasteiger partial charge on any atom is -0.337 e. The molecule has 3 aromatic carbocycles. The van der Waals surface area contributed by atoms with Gasteiger partial charge in [0.05, 0.1) is 11.3 Å². The fourth-order valence-corrected chi connectivity index (χ4v) is 3.17. The highest BCUT2D eigenvalue weighted by molar-refractivity contribution is 9.10. The van der Waals surface area contributed by atoms with Gasteiger partial charge in [-0.3, -0.25) is 9.59 Å². The Morgan fingerprint density at radius 2 is 1.68 bits per heavy atom. The third-order valence-electron chi connectivity index (χ3n) is 4.20. The topological polar surface area (TPSA) is 49.4 Å². The van der Waals surface area contributed by atoms with Crippen LogP contribution in [-0.4, -0.2) is 23.8 Å². The number of hydrogen-bond acceptors (Lipinski definition) is 2. The Balaban J connectivity index is 1.80. The second-order valence-corrected chi connectivity index (χ2v) is 7.18. The number of amides is 2. The van der Waals surface area contributed by atoms with Crippen molar-refractivity contribution in [3.8, 4) is 0 Å². The van der Waals surface area contributed by atoms with Crippen LogP contribution < -0.4 is 5.32 Å². The molecule has 3 rings (SSSR count). The van der Waals surface area contributed by atoms with Crippen molar-refractivity contribution in [1.82, 2.24) is 4.90 Å². The van der Waals surface area contributed by atoms with E-state index in [0.717, 1.165) is 4.47 Å². The van der Waals surface area contributed by atoms with Crippen molar-refractivity contribution < 1.29 is 14.0 Å². The van der Waals surface area contributed by atoms with E-state index in [1.54, 1.807) is 67.7 Å². The van der Waals surface area contributed by atoms with Gasteiger partial charge in [-0.25, -0.2) is 4.39 Å². The molecule has 3 aromatic rings. The molecule has 0 aliphatic carbocycles. The molecule has 0 spiro atoms. The Morgan fingerprint density at radius 3 is 2.43 bits per heavy atom. The SMILES string of the molecule is CN(Cc1cc(Br)ccc1F)C(=O)c1ccccc1NC(=O)c1ccccc1. The van der Waals surface area contributed by atoms with Gasteiger partial charge in [-0.2, -0.15) is 0 Å². The maximum absolute atomic E-state index is 14.0. The smallest absolute Gasteiger partial charge is 0.256 e. The quantitative estimate of drug-likeness (QED) is 0.598. The van der Waals surface area contributed by atoms with E-state index in [-0.39, 0.29) is 24.2 Å². The first kappa shape index (κ1) is 19.8. The molecule has 2 amide bonds. The number of benzene rings is 3. The lowest BCUT2D eigenvalue weighted by atomic mass is 10.1. The van der Waals surface area contributed by atoms with E-state index >= 15 is 0 Å². The van der Waals surface area contributed by atoms with E-state index in [4.69, 9.17) is 0 Å². The highest BCUT2D eigenvalue weighted by Crippen LogP contribution is 2.21. The fraction of sp³-hybridized carbons (Fsp3) is 0.0909. The third kappa shape index (κ3) is 4.64. The normalized spacial score (nSPS) is 10.4. The lowest BCUT2D eigenvalue weighted by Crippen LogP contribution is -2.28. The third-order valence-corrected chi connectivity index (χ3v) is 4.70. The summed E-state index contributed by atoms with van der Waals surface area (Å²) >= 11 is 3.31. The van der Waals surface area contributed by atoms with E-state index < -0.39 is 0 Å². The maximum atomic E-state index is 14.0. The lowest BCUT2D eigenvalue weighted by Gasteiger charge is -2.20. The lowest BCUT2D eigenvalue weighted by molar-refractivity contribution is 0.0785. The molecule has 0 radical (unpaired) electrons. The molecule has 0 heterocycles. The standard InChI is InChI=1S/C22H18BrFN2O2/c1-26(14-16-13-17(23)11-12-19(16)24)22(28)18-9-5-6-10-20(18)25-21(27)15-7-3-2-4-8-15/h2-13H,14H2,1H3,(H,25,27). The fourth-order valence-electron chi connectivity index (χ4n) is 2.76. The Labute approximate surface area is 171 Å². The van der Waals surface area contributed by atoms with Crippen molar-refractivity contribution in [1.29, 1.82) is 0 Å². The van der Waals surface area contributed by atoms with Crippen LogP contribution in [0.5, 0.6) is 0 Å². The first-order chi connectivity index (χ1) is 13.5. The van der Waals surface area contributed by atoms with Crippen LogP contribution in [-0.2, 0) is 6.54 Å². The van der Waals surface area contributed by atoms with Crippen LogP contribution in [0.3, 0.4) is 0 Å². The van der Waals surface area contributed by atoms with E-state index in [1.165, 1.54) is 11.0 Å². The average molecular weight is 441 g/mol. The number of hydrogen-bond donors (Lipinski definition) is 1. The van der Waals surface area contributed by atoms with Crippen molar-refractivity contribution in [2.45, 2.75) is 6.54 Å². The van der Waals surface area contributed by atoms with Crippen LogP contribution in [0.15, 0.2) is 77.3 Å². The predicted octanol–water partition coefficient (Wildman–Crippen LogP) is 5.11. The van der Waals surface area contributed by atoms with Crippen molar-refractivity contribution in [2.75, 3.05) is 12.4 Å². The Morgan fingerprint density at radius 1 is 1.00 bits per heavy atom. The molecule has 0 unspecified atom stereocenters. The van der Waals surface area contributed by atoms with Gasteiger partial charge in [-0.15, -0.1) is 0 Å². The summed E-state index contributed by atoms with van der Waals surface area (Å²) in [5, 5.41) is 2.78. The summed E-state index contributed by atoms with van der Waals surface area (Å²) in [6, 6.07) is 20.1. The number of para-hydroxylation sites is 1. The Bertz CT molecular complexity index is 1010. The maximum Gasteiger partial charge on any atom is 0.256 e. The van der Waals surface area contributed by atoms with Gasteiger partial charge in [0.1, 0.15) is 5.82 Å². The number of halogens is 2. The molecule has 0 aliphatic heterocycles. The molecule has 0 fully saturated rings. The minimum atomic E-state index is -0.381. The number of carbonyl (C=O) groups is 2. The van der Waals surface area contributed by atoms with Gasteiger partial charge < -0.3 is 10.2 Å².